The lowest BCUT2D eigenvalue weighted by Crippen LogP contribution is -2.62. The minimum absolute atomic E-state index is 0.0417. The molecule has 7 rings (SSSR count). The van der Waals surface area contributed by atoms with Gasteiger partial charge < -0.3 is 4.90 Å². The minimum atomic E-state index is -1.19. The fourth-order valence-corrected chi connectivity index (χ4v) is 6.77. The second-order valence-corrected chi connectivity index (χ2v) is 11.4. The number of rotatable bonds is 7. The lowest BCUT2D eigenvalue weighted by atomic mass is 9.44. The third-order valence-corrected chi connectivity index (χ3v) is 9.08. The molecule has 0 radical (unpaired) electrons. The Labute approximate surface area is 196 Å². The van der Waals surface area contributed by atoms with Crippen LogP contribution in [0.2, 0.25) is 0 Å². The number of nitrogens with one attached hydrogen (secondary N) is 1. The molecule has 1 heterocycles. The molecule has 5 aliphatic rings. The molecule has 2 bridgehead atoms. The fraction of sp³-hybridized carbons (Fsp3) is 0.500. The van der Waals surface area contributed by atoms with Crippen molar-refractivity contribution in [2.75, 3.05) is 6.54 Å². The van der Waals surface area contributed by atoms with E-state index in [-0.39, 0.29) is 24.3 Å². The van der Waals surface area contributed by atoms with Gasteiger partial charge in [0, 0.05) is 10.8 Å². The SMILES string of the molecule is O=C(N1C[C@H](F)[C@H](NSC2CC2)[C@@H]1Cc1cccc(-c2cccc(F)c2)c1F)C12CC(C1)C2. The summed E-state index contributed by atoms with van der Waals surface area (Å²) < 4.78 is 47.9. The molecule has 3 atom stereocenters. The van der Waals surface area contributed by atoms with Crippen LogP contribution in [0.25, 0.3) is 11.1 Å². The largest absolute Gasteiger partial charge is 0.334 e. The van der Waals surface area contributed by atoms with Crippen molar-refractivity contribution in [2.45, 2.75) is 62.0 Å². The van der Waals surface area contributed by atoms with Crippen molar-refractivity contribution in [2.24, 2.45) is 11.3 Å². The summed E-state index contributed by atoms with van der Waals surface area (Å²) in [6.07, 6.45) is 3.99. The Hall–Kier alpha value is -1.99. The van der Waals surface area contributed by atoms with Crippen LogP contribution in [0.4, 0.5) is 13.2 Å². The maximum Gasteiger partial charge on any atom is 0.229 e. The van der Waals surface area contributed by atoms with Crippen LogP contribution in [0.15, 0.2) is 42.5 Å². The number of alkyl halides is 1. The maximum absolute atomic E-state index is 15.6. The van der Waals surface area contributed by atoms with Crippen LogP contribution in [-0.2, 0) is 11.2 Å². The molecule has 4 aliphatic carbocycles. The number of halogens is 3. The highest BCUT2D eigenvalue weighted by molar-refractivity contribution is 7.98. The summed E-state index contributed by atoms with van der Waals surface area (Å²) >= 11 is 1.55. The van der Waals surface area contributed by atoms with Crippen molar-refractivity contribution >= 4 is 17.9 Å². The highest BCUT2D eigenvalue weighted by atomic mass is 32.2. The zero-order valence-electron chi connectivity index (χ0n) is 18.3. The van der Waals surface area contributed by atoms with Gasteiger partial charge in [0.25, 0.3) is 0 Å². The van der Waals surface area contributed by atoms with Gasteiger partial charge in [0.2, 0.25) is 5.91 Å². The standard InChI is InChI=1S/C26H27F3N2OS/c27-18-5-1-3-16(9-18)20-6-2-4-17(23(20)29)10-22-24(30-33-19-7-8-19)21(28)14-31(22)25(32)26-11-15(12-26)13-26/h1-6,9,15,19,21-22,24,30H,7-8,10-14H2/t15?,21-,22-,24-,26?/m0/s1. The number of amides is 1. The number of nitrogens with zero attached hydrogens (tertiary/aromatic N) is 1. The smallest absolute Gasteiger partial charge is 0.229 e. The molecule has 4 saturated carbocycles. The molecule has 0 spiro atoms. The summed E-state index contributed by atoms with van der Waals surface area (Å²) in [6, 6.07) is 9.94. The zero-order valence-corrected chi connectivity index (χ0v) is 19.1. The predicted octanol–water partition coefficient (Wildman–Crippen LogP) is 5.29. The Morgan fingerprint density at radius 2 is 1.88 bits per heavy atom. The molecular formula is C26H27F3N2OS. The normalized spacial score (nSPS) is 32.4. The van der Waals surface area contributed by atoms with E-state index in [2.05, 4.69) is 4.72 Å². The monoisotopic (exact) mass is 472 g/mol. The highest BCUT2D eigenvalue weighted by Gasteiger charge is 2.64. The molecular weight excluding hydrogens is 445 g/mol. The van der Waals surface area contributed by atoms with E-state index in [9.17, 15) is 9.18 Å². The Kier molecular flexibility index (Phi) is 5.25. The quantitative estimate of drug-likeness (QED) is 0.556. The Balaban J connectivity index is 1.30. The number of hydrogen-bond acceptors (Lipinski definition) is 3. The van der Waals surface area contributed by atoms with Gasteiger partial charge in [-0.3, -0.25) is 9.52 Å². The molecule has 0 aromatic heterocycles. The van der Waals surface area contributed by atoms with E-state index < -0.39 is 29.9 Å². The van der Waals surface area contributed by atoms with E-state index in [4.69, 9.17) is 0 Å². The zero-order chi connectivity index (χ0) is 22.7. The van der Waals surface area contributed by atoms with Gasteiger partial charge in [-0.05, 0) is 67.7 Å². The molecule has 2 aromatic rings. The summed E-state index contributed by atoms with van der Waals surface area (Å²) in [5.74, 6) is -0.169. The van der Waals surface area contributed by atoms with Crippen LogP contribution in [0.1, 0.15) is 37.7 Å². The van der Waals surface area contributed by atoms with E-state index in [0.29, 0.717) is 27.9 Å². The number of likely N-dealkylation sites (tertiary alicyclic amines) is 1. The molecule has 5 fully saturated rings. The van der Waals surface area contributed by atoms with Crippen LogP contribution >= 0.6 is 11.9 Å². The maximum atomic E-state index is 15.6. The van der Waals surface area contributed by atoms with Crippen molar-refractivity contribution in [3.63, 3.8) is 0 Å². The summed E-state index contributed by atoms with van der Waals surface area (Å²) in [6.45, 7) is 0.0595. The third kappa shape index (κ3) is 3.77. The number of carbonyl (C=O) groups excluding carboxylic acids is 1. The van der Waals surface area contributed by atoms with Crippen molar-refractivity contribution in [1.82, 2.24) is 9.62 Å². The molecule has 7 heteroatoms. The van der Waals surface area contributed by atoms with Gasteiger partial charge >= 0.3 is 0 Å². The summed E-state index contributed by atoms with van der Waals surface area (Å²) in [5, 5.41) is 0.494. The molecule has 33 heavy (non-hydrogen) atoms. The van der Waals surface area contributed by atoms with Crippen LogP contribution in [0.3, 0.4) is 0 Å². The van der Waals surface area contributed by atoms with Crippen LogP contribution in [0, 0.1) is 23.0 Å². The van der Waals surface area contributed by atoms with Crippen molar-refractivity contribution in [3.8, 4) is 11.1 Å². The topological polar surface area (TPSA) is 32.3 Å². The van der Waals surface area contributed by atoms with Crippen molar-refractivity contribution in [1.29, 1.82) is 0 Å². The van der Waals surface area contributed by atoms with E-state index in [1.807, 2.05) is 0 Å². The molecule has 2 aromatic carbocycles. The lowest BCUT2D eigenvalue weighted by molar-refractivity contribution is -0.178. The van der Waals surface area contributed by atoms with E-state index in [0.717, 1.165) is 32.1 Å². The van der Waals surface area contributed by atoms with E-state index >= 15 is 8.78 Å². The van der Waals surface area contributed by atoms with Gasteiger partial charge in [-0.1, -0.05) is 42.3 Å². The summed E-state index contributed by atoms with van der Waals surface area (Å²) in [4.78, 5) is 15.1. The van der Waals surface area contributed by atoms with Gasteiger partial charge in [-0.2, -0.15) is 0 Å². The third-order valence-electron chi connectivity index (χ3n) is 7.87. The van der Waals surface area contributed by atoms with E-state index in [1.165, 1.54) is 12.1 Å². The van der Waals surface area contributed by atoms with Crippen LogP contribution in [-0.4, -0.2) is 40.9 Å². The average molecular weight is 473 g/mol. The molecule has 3 nitrogen and oxygen atoms in total. The molecule has 174 valence electrons. The van der Waals surface area contributed by atoms with Crippen LogP contribution in [0.5, 0.6) is 0 Å². The fourth-order valence-electron chi connectivity index (χ4n) is 5.74. The van der Waals surface area contributed by atoms with Crippen molar-refractivity contribution < 1.29 is 18.0 Å². The van der Waals surface area contributed by atoms with Gasteiger partial charge in [-0.15, -0.1) is 0 Å². The highest BCUT2D eigenvalue weighted by Crippen LogP contribution is 2.65. The second kappa shape index (κ2) is 8.05. The Morgan fingerprint density at radius 1 is 1.12 bits per heavy atom. The lowest BCUT2D eigenvalue weighted by Gasteiger charge is -2.61. The first-order valence-corrected chi connectivity index (χ1v) is 12.7. The predicted molar refractivity (Wildman–Crippen MR) is 123 cm³/mol. The van der Waals surface area contributed by atoms with Crippen LogP contribution < -0.4 is 4.72 Å². The Bertz CT molecular complexity index is 1070. The first-order valence-electron chi connectivity index (χ1n) is 11.8. The molecule has 1 aliphatic heterocycles. The number of carbonyl (C=O) groups is 1. The average Bonchev–Trinajstić information content (AvgIpc) is 3.49. The summed E-state index contributed by atoms with van der Waals surface area (Å²) in [7, 11) is 0. The molecule has 1 amide bonds. The number of hydrogen-bond donors (Lipinski definition) is 1. The Morgan fingerprint density at radius 3 is 2.55 bits per heavy atom. The summed E-state index contributed by atoms with van der Waals surface area (Å²) in [5.41, 5.74) is 0.902. The van der Waals surface area contributed by atoms with Gasteiger partial charge in [-0.25, -0.2) is 13.2 Å². The molecule has 1 saturated heterocycles. The second-order valence-electron chi connectivity index (χ2n) is 10.3. The molecule has 0 unspecified atom stereocenters. The van der Waals surface area contributed by atoms with Crippen molar-refractivity contribution in [3.05, 3.63) is 59.7 Å². The minimum Gasteiger partial charge on any atom is -0.334 e. The first-order chi connectivity index (χ1) is 15.9. The van der Waals surface area contributed by atoms with E-state index in [1.54, 1.807) is 47.2 Å². The number of benzene rings is 2. The van der Waals surface area contributed by atoms with Gasteiger partial charge in [0.1, 0.15) is 17.8 Å². The molecule has 1 N–H and O–H groups in total. The first kappa shape index (κ1) is 21.5. The van der Waals surface area contributed by atoms with Gasteiger partial charge in [0.15, 0.2) is 0 Å². The van der Waals surface area contributed by atoms with Gasteiger partial charge in [0.05, 0.1) is 24.0 Å².